The Bertz CT molecular complexity index is 1010. The first-order valence-electron chi connectivity index (χ1n) is 10.0. The number of hydrogen-bond donors (Lipinski definition) is 0. The van der Waals surface area contributed by atoms with E-state index in [1.54, 1.807) is 17.8 Å². The number of amides is 1. The van der Waals surface area contributed by atoms with Gasteiger partial charge in [-0.1, -0.05) is 60.3 Å². The molecule has 2 aromatic carbocycles. The van der Waals surface area contributed by atoms with Crippen LogP contribution in [0.5, 0.6) is 0 Å². The molecule has 0 aliphatic carbocycles. The Morgan fingerprint density at radius 2 is 1.76 bits per heavy atom. The topological polar surface area (TPSA) is 25.2 Å². The van der Waals surface area contributed by atoms with E-state index in [9.17, 15) is 4.79 Å². The molecule has 0 atom stereocenters. The van der Waals surface area contributed by atoms with Crippen LogP contribution in [0.3, 0.4) is 0 Å². The minimum absolute atomic E-state index is 0.213. The molecule has 29 heavy (non-hydrogen) atoms. The van der Waals surface area contributed by atoms with E-state index in [1.807, 2.05) is 29.2 Å². The lowest BCUT2D eigenvalue weighted by molar-refractivity contribution is -0.131. The zero-order chi connectivity index (χ0) is 20.2. The first-order valence-corrected chi connectivity index (χ1v) is 11.8. The molecule has 0 radical (unpaired) electrons. The standard InChI is InChI=1S/C23H24Cl2N2OS/c24-18-10-9-17(20(25)13-18)16-29-22-14-27(21-8-4-3-7-19(21)22)15-23(28)26-11-5-1-2-6-12-26/h3-4,7-10,13-14H,1-2,5-6,11-12,15-16H2. The third-order valence-corrected chi connectivity index (χ3v) is 7.09. The van der Waals surface area contributed by atoms with E-state index in [1.165, 1.54) is 18.2 Å². The quantitative estimate of drug-likeness (QED) is 0.410. The van der Waals surface area contributed by atoms with E-state index < -0.39 is 0 Å². The molecule has 0 unspecified atom stereocenters. The molecule has 6 heteroatoms. The SMILES string of the molecule is O=C(Cn1cc(SCc2ccc(Cl)cc2Cl)c2ccccc21)N1CCCCCC1. The van der Waals surface area contributed by atoms with Gasteiger partial charge in [-0.2, -0.15) is 0 Å². The summed E-state index contributed by atoms with van der Waals surface area (Å²) in [6.07, 6.45) is 6.78. The van der Waals surface area contributed by atoms with Gasteiger partial charge in [-0.05, 0) is 36.6 Å². The number of halogens is 2. The summed E-state index contributed by atoms with van der Waals surface area (Å²) < 4.78 is 2.09. The van der Waals surface area contributed by atoms with Crippen LogP contribution in [0.25, 0.3) is 10.9 Å². The van der Waals surface area contributed by atoms with E-state index in [0.717, 1.165) is 47.7 Å². The van der Waals surface area contributed by atoms with Crippen molar-refractivity contribution in [1.29, 1.82) is 0 Å². The van der Waals surface area contributed by atoms with E-state index in [2.05, 4.69) is 22.9 Å². The second-order valence-electron chi connectivity index (χ2n) is 7.46. The maximum atomic E-state index is 12.9. The summed E-state index contributed by atoms with van der Waals surface area (Å²) in [7, 11) is 0. The third kappa shape index (κ3) is 4.93. The first-order chi connectivity index (χ1) is 14.1. The number of nitrogens with zero attached hydrogens (tertiary/aromatic N) is 2. The van der Waals surface area contributed by atoms with Gasteiger partial charge in [0.05, 0.1) is 0 Å². The monoisotopic (exact) mass is 446 g/mol. The third-order valence-electron chi connectivity index (χ3n) is 5.41. The van der Waals surface area contributed by atoms with Crippen molar-refractivity contribution in [2.45, 2.75) is 42.9 Å². The number of likely N-dealkylation sites (tertiary alicyclic amines) is 1. The van der Waals surface area contributed by atoms with E-state index in [-0.39, 0.29) is 5.91 Å². The highest BCUT2D eigenvalue weighted by atomic mass is 35.5. The number of carbonyl (C=O) groups excluding carboxylic acids is 1. The number of benzene rings is 2. The molecule has 0 bridgehead atoms. The van der Waals surface area contributed by atoms with Crippen LogP contribution in [0.1, 0.15) is 31.2 Å². The van der Waals surface area contributed by atoms with Gasteiger partial charge < -0.3 is 9.47 Å². The second-order valence-corrected chi connectivity index (χ2v) is 9.32. The molecule has 1 fully saturated rings. The minimum atomic E-state index is 0.213. The summed E-state index contributed by atoms with van der Waals surface area (Å²) in [4.78, 5) is 16.1. The number of carbonyl (C=O) groups is 1. The Labute approximate surface area is 186 Å². The van der Waals surface area contributed by atoms with E-state index >= 15 is 0 Å². The van der Waals surface area contributed by atoms with E-state index in [0.29, 0.717) is 16.6 Å². The molecule has 1 aromatic heterocycles. The normalized spacial score (nSPS) is 14.9. The van der Waals surface area contributed by atoms with Crippen LogP contribution in [0.15, 0.2) is 53.6 Å². The maximum Gasteiger partial charge on any atom is 0.242 e. The van der Waals surface area contributed by atoms with Crippen molar-refractivity contribution in [2.24, 2.45) is 0 Å². The molecule has 2 heterocycles. The van der Waals surface area contributed by atoms with Gasteiger partial charge in [-0.15, -0.1) is 11.8 Å². The Morgan fingerprint density at radius 1 is 1.00 bits per heavy atom. The number of para-hydroxylation sites is 1. The first kappa shape index (κ1) is 20.6. The van der Waals surface area contributed by atoms with E-state index in [4.69, 9.17) is 23.2 Å². The molecular formula is C23H24Cl2N2OS. The molecule has 0 saturated carbocycles. The van der Waals surface area contributed by atoms with Gasteiger partial charge in [0.2, 0.25) is 5.91 Å². The van der Waals surface area contributed by atoms with Gasteiger partial charge in [-0.25, -0.2) is 0 Å². The van der Waals surface area contributed by atoms with Crippen LogP contribution < -0.4 is 0 Å². The Morgan fingerprint density at radius 3 is 2.52 bits per heavy atom. The molecule has 4 rings (SSSR count). The molecule has 1 aliphatic rings. The molecule has 152 valence electrons. The van der Waals surface area contributed by atoms with Gasteiger partial charge in [0.25, 0.3) is 0 Å². The predicted octanol–water partition coefficient (Wildman–Crippen LogP) is 6.64. The van der Waals surface area contributed by atoms with Crippen LogP contribution >= 0.6 is 35.0 Å². The van der Waals surface area contributed by atoms with Crippen LogP contribution in [0, 0.1) is 0 Å². The average Bonchev–Trinajstić information content (AvgIpc) is 2.88. The Hall–Kier alpha value is -1.62. The smallest absolute Gasteiger partial charge is 0.242 e. The predicted molar refractivity (Wildman–Crippen MR) is 123 cm³/mol. The lowest BCUT2D eigenvalue weighted by Crippen LogP contribution is -2.34. The summed E-state index contributed by atoms with van der Waals surface area (Å²) >= 11 is 14.1. The highest BCUT2D eigenvalue weighted by Gasteiger charge is 2.18. The van der Waals surface area contributed by atoms with Crippen molar-refractivity contribution in [2.75, 3.05) is 13.1 Å². The Balaban J connectivity index is 1.54. The second kappa shape index (κ2) is 9.46. The largest absolute Gasteiger partial charge is 0.341 e. The maximum absolute atomic E-state index is 12.9. The fourth-order valence-electron chi connectivity index (χ4n) is 3.82. The zero-order valence-electron chi connectivity index (χ0n) is 16.2. The zero-order valence-corrected chi connectivity index (χ0v) is 18.6. The lowest BCUT2D eigenvalue weighted by Gasteiger charge is -2.20. The molecule has 1 saturated heterocycles. The molecule has 1 amide bonds. The van der Waals surface area contributed by atoms with Crippen molar-refractivity contribution in [3.63, 3.8) is 0 Å². The number of thioether (sulfide) groups is 1. The minimum Gasteiger partial charge on any atom is -0.341 e. The summed E-state index contributed by atoms with van der Waals surface area (Å²) in [6.45, 7) is 2.16. The van der Waals surface area contributed by atoms with Crippen molar-refractivity contribution in [3.05, 3.63) is 64.3 Å². The Kier molecular flexibility index (Phi) is 6.74. The summed E-state index contributed by atoms with van der Waals surface area (Å²) in [5.41, 5.74) is 2.15. The van der Waals surface area contributed by atoms with Crippen molar-refractivity contribution in [1.82, 2.24) is 9.47 Å². The van der Waals surface area contributed by atoms with Crippen LogP contribution in [-0.2, 0) is 17.1 Å². The fraction of sp³-hybridized carbons (Fsp3) is 0.348. The molecule has 0 N–H and O–H groups in total. The summed E-state index contributed by atoms with van der Waals surface area (Å²) in [5.74, 6) is 0.967. The van der Waals surface area contributed by atoms with Crippen LogP contribution in [-0.4, -0.2) is 28.5 Å². The van der Waals surface area contributed by atoms with Crippen molar-refractivity contribution < 1.29 is 4.79 Å². The average molecular weight is 447 g/mol. The number of fused-ring (bicyclic) bond motifs is 1. The highest BCUT2D eigenvalue weighted by molar-refractivity contribution is 7.98. The highest BCUT2D eigenvalue weighted by Crippen LogP contribution is 2.34. The van der Waals surface area contributed by atoms with Gasteiger partial charge in [0.15, 0.2) is 0 Å². The molecule has 3 aromatic rings. The molecule has 3 nitrogen and oxygen atoms in total. The van der Waals surface area contributed by atoms with Gasteiger partial charge in [-0.3, -0.25) is 4.79 Å². The van der Waals surface area contributed by atoms with Crippen LogP contribution in [0.2, 0.25) is 10.0 Å². The number of aromatic nitrogens is 1. The summed E-state index contributed by atoms with van der Waals surface area (Å²) in [5, 5.41) is 2.50. The van der Waals surface area contributed by atoms with Gasteiger partial charge in [0.1, 0.15) is 6.54 Å². The van der Waals surface area contributed by atoms with Crippen LogP contribution in [0.4, 0.5) is 0 Å². The fourth-order valence-corrected chi connectivity index (χ4v) is 5.47. The molecule has 0 spiro atoms. The number of rotatable bonds is 5. The molecule has 1 aliphatic heterocycles. The summed E-state index contributed by atoms with van der Waals surface area (Å²) in [6, 6.07) is 13.9. The van der Waals surface area contributed by atoms with Gasteiger partial charge in [0, 0.05) is 50.9 Å². The number of hydrogen-bond acceptors (Lipinski definition) is 2. The van der Waals surface area contributed by atoms with Crippen molar-refractivity contribution >= 4 is 51.8 Å². The molecular weight excluding hydrogens is 423 g/mol. The van der Waals surface area contributed by atoms with Crippen molar-refractivity contribution in [3.8, 4) is 0 Å². The lowest BCUT2D eigenvalue weighted by atomic mass is 10.2. The van der Waals surface area contributed by atoms with Gasteiger partial charge >= 0.3 is 0 Å².